The van der Waals surface area contributed by atoms with Crippen molar-refractivity contribution in [3.63, 3.8) is 0 Å². The van der Waals surface area contributed by atoms with Gasteiger partial charge in [-0.1, -0.05) is 18.2 Å². The van der Waals surface area contributed by atoms with E-state index >= 15 is 0 Å². The third kappa shape index (κ3) is 1.30. The standard InChI is InChI=1S/C10H9ClN2O/c1-2-13-9(10(11)14)7-5-3-4-6-8(7)12-13/h3-6H,2H2,1H3. The summed E-state index contributed by atoms with van der Waals surface area (Å²) in [5.41, 5.74) is 1.28. The maximum Gasteiger partial charge on any atom is 0.271 e. The zero-order chi connectivity index (χ0) is 10.1. The number of carbonyl (C=O) groups excluding carboxylic acids is 1. The van der Waals surface area contributed by atoms with Gasteiger partial charge in [0.25, 0.3) is 5.24 Å². The van der Waals surface area contributed by atoms with Crippen molar-refractivity contribution in [2.45, 2.75) is 13.5 Å². The van der Waals surface area contributed by atoms with Crippen LogP contribution in [0.5, 0.6) is 0 Å². The highest BCUT2D eigenvalue weighted by molar-refractivity contribution is 6.68. The molecule has 0 unspecified atom stereocenters. The average molecular weight is 209 g/mol. The Bertz CT molecular complexity index is 490. The largest absolute Gasteiger partial charge is 0.274 e. The van der Waals surface area contributed by atoms with E-state index < -0.39 is 5.24 Å². The van der Waals surface area contributed by atoms with Crippen molar-refractivity contribution in [1.82, 2.24) is 9.78 Å². The fourth-order valence-corrected chi connectivity index (χ4v) is 1.72. The molecule has 0 atom stereocenters. The molecule has 0 N–H and O–H groups in total. The minimum absolute atomic E-state index is 0.458. The number of fused-ring (bicyclic) bond motifs is 1. The topological polar surface area (TPSA) is 34.9 Å². The van der Waals surface area contributed by atoms with Gasteiger partial charge in [-0.25, -0.2) is 0 Å². The first kappa shape index (κ1) is 9.21. The molecule has 2 aromatic rings. The first-order valence-corrected chi connectivity index (χ1v) is 4.77. The van der Waals surface area contributed by atoms with Crippen molar-refractivity contribution < 1.29 is 4.79 Å². The molecule has 0 amide bonds. The van der Waals surface area contributed by atoms with Crippen LogP contribution in [0.25, 0.3) is 10.9 Å². The van der Waals surface area contributed by atoms with E-state index in [2.05, 4.69) is 5.10 Å². The third-order valence-corrected chi connectivity index (χ3v) is 2.31. The van der Waals surface area contributed by atoms with Gasteiger partial charge in [-0.15, -0.1) is 0 Å². The summed E-state index contributed by atoms with van der Waals surface area (Å²) in [6.45, 7) is 2.57. The van der Waals surface area contributed by atoms with Crippen LogP contribution in [-0.4, -0.2) is 15.0 Å². The van der Waals surface area contributed by atoms with Crippen LogP contribution in [0.3, 0.4) is 0 Å². The molecule has 0 bridgehead atoms. The second-order valence-corrected chi connectivity index (χ2v) is 3.30. The molecule has 0 aliphatic rings. The second kappa shape index (κ2) is 3.42. The molecule has 4 heteroatoms. The Morgan fingerprint density at radius 1 is 1.50 bits per heavy atom. The van der Waals surface area contributed by atoms with Gasteiger partial charge in [-0.2, -0.15) is 5.10 Å². The smallest absolute Gasteiger partial charge is 0.271 e. The van der Waals surface area contributed by atoms with Crippen LogP contribution < -0.4 is 0 Å². The van der Waals surface area contributed by atoms with Crippen LogP contribution in [0.1, 0.15) is 17.4 Å². The summed E-state index contributed by atoms with van der Waals surface area (Å²) >= 11 is 5.51. The van der Waals surface area contributed by atoms with E-state index in [1.807, 2.05) is 31.2 Å². The summed E-state index contributed by atoms with van der Waals surface area (Å²) in [7, 11) is 0. The van der Waals surface area contributed by atoms with Crippen LogP contribution in [0, 0.1) is 0 Å². The summed E-state index contributed by atoms with van der Waals surface area (Å²) in [5, 5.41) is 4.62. The quantitative estimate of drug-likeness (QED) is 0.711. The minimum atomic E-state index is -0.458. The predicted molar refractivity (Wildman–Crippen MR) is 55.6 cm³/mol. The molecule has 72 valence electrons. The van der Waals surface area contributed by atoms with E-state index in [4.69, 9.17) is 11.6 Å². The lowest BCUT2D eigenvalue weighted by molar-refractivity contribution is 0.107. The summed E-state index contributed by atoms with van der Waals surface area (Å²) in [4.78, 5) is 11.2. The molecule has 0 saturated heterocycles. The number of rotatable bonds is 2. The van der Waals surface area contributed by atoms with Crippen molar-refractivity contribution in [2.75, 3.05) is 0 Å². The Morgan fingerprint density at radius 2 is 2.21 bits per heavy atom. The molecule has 14 heavy (non-hydrogen) atoms. The molecule has 0 radical (unpaired) electrons. The fraction of sp³-hybridized carbons (Fsp3) is 0.200. The summed E-state index contributed by atoms with van der Waals surface area (Å²) in [5.74, 6) is 0. The van der Waals surface area contributed by atoms with Crippen molar-refractivity contribution in [3.05, 3.63) is 30.0 Å². The van der Waals surface area contributed by atoms with Gasteiger partial charge in [0, 0.05) is 11.9 Å². The van der Waals surface area contributed by atoms with E-state index in [0.717, 1.165) is 10.9 Å². The summed E-state index contributed by atoms with van der Waals surface area (Å²) in [6, 6.07) is 7.47. The predicted octanol–water partition coefficient (Wildman–Crippen LogP) is 2.44. The summed E-state index contributed by atoms with van der Waals surface area (Å²) < 4.78 is 1.62. The molecule has 0 aliphatic heterocycles. The first-order chi connectivity index (χ1) is 6.74. The Labute approximate surface area is 86.3 Å². The molecule has 0 fully saturated rings. The number of nitrogens with zero attached hydrogens (tertiary/aromatic N) is 2. The van der Waals surface area contributed by atoms with Gasteiger partial charge in [-0.05, 0) is 24.6 Å². The lowest BCUT2D eigenvalue weighted by atomic mass is 10.2. The van der Waals surface area contributed by atoms with Gasteiger partial charge in [0.15, 0.2) is 0 Å². The van der Waals surface area contributed by atoms with Gasteiger partial charge in [0.2, 0.25) is 0 Å². The van der Waals surface area contributed by atoms with Gasteiger partial charge in [-0.3, -0.25) is 9.48 Å². The van der Waals surface area contributed by atoms with Gasteiger partial charge < -0.3 is 0 Å². The fourth-order valence-electron chi connectivity index (χ4n) is 1.52. The van der Waals surface area contributed by atoms with Crippen molar-refractivity contribution >= 4 is 27.7 Å². The van der Waals surface area contributed by atoms with E-state index in [0.29, 0.717) is 12.2 Å². The number of aromatic nitrogens is 2. The monoisotopic (exact) mass is 208 g/mol. The molecule has 1 aromatic carbocycles. The normalized spacial score (nSPS) is 10.7. The van der Waals surface area contributed by atoms with Crippen LogP contribution in [0.15, 0.2) is 24.3 Å². The molecular formula is C10H9ClN2O. The zero-order valence-electron chi connectivity index (χ0n) is 7.70. The van der Waals surface area contributed by atoms with Crippen LogP contribution in [0.4, 0.5) is 0 Å². The number of halogens is 1. The SMILES string of the molecule is CCn1nc2ccccc2c1C(=O)Cl. The maximum absolute atomic E-state index is 11.2. The minimum Gasteiger partial charge on any atom is -0.274 e. The molecule has 2 rings (SSSR count). The van der Waals surface area contributed by atoms with Crippen LogP contribution >= 0.6 is 11.6 Å². The first-order valence-electron chi connectivity index (χ1n) is 4.39. The number of hydrogen-bond acceptors (Lipinski definition) is 2. The lowest BCUT2D eigenvalue weighted by Crippen LogP contribution is -2.04. The molecule has 0 spiro atoms. The Kier molecular flexibility index (Phi) is 2.25. The molecule has 0 aliphatic carbocycles. The molecule has 1 aromatic heterocycles. The highest BCUT2D eigenvalue weighted by Crippen LogP contribution is 2.19. The van der Waals surface area contributed by atoms with Crippen molar-refractivity contribution in [2.24, 2.45) is 0 Å². The van der Waals surface area contributed by atoms with Gasteiger partial charge in [0.05, 0.1) is 5.52 Å². The van der Waals surface area contributed by atoms with E-state index in [1.165, 1.54) is 0 Å². The molecule has 0 saturated carbocycles. The Balaban J connectivity index is 2.81. The van der Waals surface area contributed by atoms with E-state index in [9.17, 15) is 4.79 Å². The zero-order valence-corrected chi connectivity index (χ0v) is 8.45. The van der Waals surface area contributed by atoms with Gasteiger partial charge >= 0.3 is 0 Å². The van der Waals surface area contributed by atoms with Crippen molar-refractivity contribution in [1.29, 1.82) is 0 Å². The Morgan fingerprint density at radius 3 is 2.86 bits per heavy atom. The van der Waals surface area contributed by atoms with Crippen LogP contribution in [0.2, 0.25) is 0 Å². The Hall–Kier alpha value is -1.35. The number of carbonyl (C=O) groups is 1. The molecule has 1 heterocycles. The second-order valence-electron chi connectivity index (χ2n) is 2.96. The third-order valence-electron chi connectivity index (χ3n) is 2.13. The number of benzene rings is 1. The van der Waals surface area contributed by atoms with Crippen molar-refractivity contribution in [3.8, 4) is 0 Å². The highest BCUT2D eigenvalue weighted by Gasteiger charge is 2.14. The van der Waals surface area contributed by atoms with E-state index in [-0.39, 0.29) is 0 Å². The molecule has 3 nitrogen and oxygen atoms in total. The average Bonchev–Trinajstić information content (AvgIpc) is 2.55. The summed E-state index contributed by atoms with van der Waals surface area (Å²) in [6.07, 6.45) is 0. The lowest BCUT2D eigenvalue weighted by Gasteiger charge is -1.98. The van der Waals surface area contributed by atoms with Crippen LogP contribution in [-0.2, 0) is 6.54 Å². The highest BCUT2D eigenvalue weighted by atomic mass is 35.5. The number of aryl methyl sites for hydroxylation is 1. The maximum atomic E-state index is 11.2. The number of hydrogen-bond donors (Lipinski definition) is 0. The van der Waals surface area contributed by atoms with E-state index in [1.54, 1.807) is 4.68 Å². The van der Waals surface area contributed by atoms with Gasteiger partial charge in [0.1, 0.15) is 5.69 Å². The molecular weight excluding hydrogens is 200 g/mol.